The Morgan fingerprint density at radius 2 is 1.63 bits per heavy atom. The molecule has 4 atom stereocenters. The average molecular weight is 652 g/mol. The number of carbonyl (C=O) groups excluding carboxylic acids is 1. The maximum atomic E-state index is 12.2. The first-order chi connectivity index (χ1) is 22.4. The van der Waals surface area contributed by atoms with Crippen LogP contribution in [0.1, 0.15) is 116 Å². The van der Waals surface area contributed by atoms with E-state index in [0.717, 1.165) is 24.1 Å². The number of rotatable bonds is 20. The lowest BCUT2D eigenvalue weighted by Gasteiger charge is -2.23. The number of unbranched alkanes of at least 4 members (excludes halogenated alkanes) is 13. The molecular weight excluding hydrogens is 602 g/mol. The van der Waals surface area contributed by atoms with Gasteiger partial charge in [0.25, 0.3) is 0 Å². The lowest BCUT2D eigenvalue weighted by atomic mass is 10.0. The maximum Gasteiger partial charge on any atom is 0.303 e. The van der Waals surface area contributed by atoms with Gasteiger partial charge in [-0.1, -0.05) is 114 Å². The summed E-state index contributed by atoms with van der Waals surface area (Å²) in [5, 5.41) is 3.95. The molecule has 3 aromatic rings. The van der Waals surface area contributed by atoms with Crippen molar-refractivity contribution in [3.8, 4) is 12.3 Å². The topological polar surface area (TPSA) is 100 Å². The van der Waals surface area contributed by atoms with Gasteiger partial charge in [0, 0.05) is 24.2 Å². The van der Waals surface area contributed by atoms with Gasteiger partial charge < -0.3 is 19.5 Å². The third kappa shape index (κ3) is 9.90. The molecule has 1 aromatic carbocycles. The number of terminal acetylenes is 1. The molecule has 1 aliphatic heterocycles. The summed E-state index contributed by atoms with van der Waals surface area (Å²) in [6.45, 7) is 6.07. The van der Waals surface area contributed by atoms with Gasteiger partial charge in [-0.2, -0.15) is 0 Å². The standard InChI is InChI=1S/C36H50ClN5O4/c1-5-7-8-9-10-11-12-13-14-15-16-17-18-19-23-44-32-30(6-2)46-36(33(32)45-27(4)43)42-25-40-31-34(38-24-39-35(31)42)41-29-22-20-21-28(37)26(29)3/h2,20-22,24-25,30,32-33,36H,5,7-19,23H2,1,3-4H3,(H,38,39,41)/t30-,32-,33-,36-/m1/s1. The highest BCUT2D eigenvalue weighted by Crippen LogP contribution is 2.36. The van der Waals surface area contributed by atoms with Gasteiger partial charge >= 0.3 is 5.97 Å². The first kappa shape index (κ1) is 35.7. The Kier molecular flexibility index (Phi) is 14.6. The Morgan fingerprint density at radius 3 is 2.26 bits per heavy atom. The fourth-order valence-electron chi connectivity index (χ4n) is 6.01. The highest BCUT2D eigenvalue weighted by molar-refractivity contribution is 6.31. The molecule has 0 amide bonds. The number of hydrogen-bond acceptors (Lipinski definition) is 8. The zero-order valence-electron chi connectivity index (χ0n) is 27.7. The predicted octanol–water partition coefficient (Wildman–Crippen LogP) is 8.86. The van der Waals surface area contributed by atoms with E-state index in [1.54, 1.807) is 10.9 Å². The summed E-state index contributed by atoms with van der Waals surface area (Å²) < 4.78 is 20.0. The van der Waals surface area contributed by atoms with Crippen LogP contribution in [0.3, 0.4) is 0 Å². The lowest BCUT2D eigenvalue weighted by molar-refractivity contribution is -0.157. The summed E-state index contributed by atoms with van der Waals surface area (Å²) in [5.41, 5.74) is 2.72. The van der Waals surface area contributed by atoms with Gasteiger partial charge in [0.15, 0.2) is 35.4 Å². The maximum absolute atomic E-state index is 12.2. The number of nitrogens with zero attached hydrogens (tertiary/aromatic N) is 4. The van der Waals surface area contributed by atoms with E-state index in [9.17, 15) is 4.79 Å². The van der Waals surface area contributed by atoms with Gasteiger partial charge in [0.2, 0.25) is 0 Å². The van der Waals surface area contributed by atoms with Crippen LogP contribution in [-0.4, -0.2) is 50.4 Å². The second-order valence-corrected chi connectivity index (χ2v) is 12.6. The molecule has 9 nitrogen and oxygen atoms in total. The number of halogens is 1. The second kappa shape index (κ2) is 18.8. The number of aromatic nitrogens is 4. The molecule has 3 heterocycles. The minimum Gasteiger partial charge on any atom is -0.455 e. The van der Waals surface area contributed by atoms with Crippen LogP contribution in [0.15, 0.2) is 30.9 Å². The van der Waals surface area contributed by atoms with Crippen molar-refractivity contribution < 1.29 is 19.0 Å². The highest BCUT2D eigenvalue weighted by Gasteiger charge is 2.48. The molecule has 2 aromatic heterocycles. The number of ether oxygens (including phenoxy) is 3. The van der Waals surface area contributed by atoms with Crippen LogP contribution in [0, 0.1) is 19.3 Å². The molecule has 1 saturated heterocycles. The van der Waals surface area contributed by atoms with Crippen molar-refractivity contribution in [1.29, 1.82) is 0 Å². The summed E-state index contributed by atoms with van der Waals surface area (Å²) in [5.74, 6) is 2.75. The third-order valence-electron chi connectivity index (χ3n) is 8.62. The van der Waals surface area contributed by atoms with Gasteiger partial charge in [0.05, 0.1) is 6.33 Å². The van der Waals surface area contributed by atoms with Crippen molar-refractivity contribution in [2.24, 2.45) is 0 Å². The zero-order chi connectivity index (χ0) is 32.7. The number of anilines is 2. The monoisotopic (exact) mass is 651 g/mol. The van der Waals surface area contributed by atoms with Gasteiger partial charge in [-0.15, -0.1) is 6.42 Å². The van der Waals surface area contributed by atoms with Crippen molar-refractivity contribution in [2.75, 3.05) is 11.9 Å². The number of hydrogen-bond donors (Lipinski definition) is 1. The fourth-order valence-corrected chi connectivity index (χ4v) is 6.19. The summed E-state index contributed by atoms with van der Waals surface area (Å²) in [4.78, 5) is 25.6. The van der Waals surface area contributed by atoms with Crippen LogP contribution in [0.4, 0.5) is 11.5 Å². The van der Waals surface area contributed by atoms with E-state index in [1.807, 2.05) is 25.1 Å². The van der Waals surface area contributed by atoms with Crippen LogP contribution in [-0.2, 0) is 19.0 Å². The van der Waals surface area contributed by atoms with Crippen molar-refractivity contribution >= 4 is 40.2 Å². The normalized spacial score (nSPS) is 19.4. The molecular formula is C36H50ClN5O4. The Hall–Kier alpha value is -3.19. The first-order valence-electron chi connectivity index (χ1n) is 17.0. The van der Waals surface area contributed by atoms with E-state index in [2.05, 4.69) is 33.1 Å². The number of esters is 1. The molecule has 0 aliphatic carbocycles. The summed E-state index contributed by atoms with van der Waals surface area (Å²) in [6, 6.07) is 5.61. The molecule has 0 bridgehead atoms. The highest BCUT2D eigenvalue weighted by atomic mass is 35.5. The van der Waals surface area contributed by atoms with E-state index in [0.29, 0.717) is 28.6 Å². The van der Waals surface area contributed by atoms with E-state index >= 15 is 0 Å². The lowest BCUT2D eigenvalue weighted by Crippen LogP contribution is -2.37. The molecule has 1 aliphatic rings. The van der Waals surface area contributed by atoms with E-state index in [1.165, 1.54) is 90.3 Å². The molecule has 250 valence electrons. The van der Waals surface area contributed by atoms with E-state index < -0.39 is 30.5 Å². The number of imidazole rings is 1. The van der Waals surface area contributed by atoms with E-state index in [4.69, 9.17) is 32.2 Å². The molecule has 1 fully saturated rings. The molecule has 0 radical (unpaired) electrons. The number of carbonyl (C=O) groups is 1. The summed E-state index contributed by atoms with van der Waals surface area (Å²) in [7, 11) is 0. The number of nitrogens with one attached hydrogen (secondary N) is 1. The predicted molar refractivity (Wildman–Crippen MR) is 183 cm³/mol. The smallest absolute Gasteiger partial charge is 0.303 e. The van der Waals surface area contributed by atoms with Crippen molar-refractivity contribution in [3.05, 3.63) is 41.4 Å². The summed E-state index contributed by atoms with van der Waals surface area (Å²) >= 11 is 6.32. The molecule has 0 saturated carbocycles. The Bertz CT molecular complexity index is 1420. The van der Waals surface area contributed by atoms with E-state index in [-0.39, 0.29) is 0 Å². The summed E-state index contributed by atoms with van der Waals surface area (Å²) in [6.07, 6.45) is 24.1. The van der Waals surface area contributed by atoms with Gasteiger partial charge in [-0.3, -0.25) is 9.36 Å². The Morgan fingerprint density at radius 1 is 0.978 bits per heavy atom. The van der Waals surface area contributed by atoms with Crippen LogP contribution in [0.5, 0.6) is 0 Å². The minimum absolute atomic E-state index is 0.445. The number of fused-ring (bicyclic) bond motifs is 1. The molecule has 0 unspecified atom stereocenters. The third-order valence-corrected chi connectivity index (χ3v) is 9.03. The molecule has 0 spiro atoms. The van der Waals surface area contributed by atoms with Crippen molar-refractivity contribution in [2.45, 2.75) is 135 Å². The fraction of sp³-hybridized carbons (Fsp3) is 0.611. The molecule has 10 heteroatoms. The SMILES string of the molecule is C#C[C@H]1O[C@@H](n2cnc3c(Nc4cccc(Cl)c4C)ncnc32)[C@H](OC(C)=O)[C@@H]1OCCCCCCCCCCCCCCCC. The van der Waals surface area contributed by atoms with Crippen LogP contribution in [0.2, 0.25) is 5.02 Å². The second-order valence-electron chi connectivity index (χ2n) is 12.2. The van der Waals surface area contributed by atoms with Crippen LogP contribution in [0.25, 0.3) is 11.2 Å². The number of benzene rings is 1. The van der Waals surface area contributed by atoms with Gasteiger partial charge in [-0.25, -0.2) is 15.0 Å². The van der Waals surface area contributed by atoms with Crippen LogP contribution < -0.4 is 5.32 Å². The first-order valence-corrected chi connectivity index (χ1v) is 17.4. The molecule has 46 heavy (non-hydrogen) atoms. The Labute approximate surface area is 279 Å². The quantitative estimate of drug-likeness (QED) is 0.0734. The van der Waals surface area contributed by atoms with Crippen molar-refractivity contribution in [1.82, 2.24) is 19.5 Å². The average Bonchev–Trinajstić information content (AvgIpc) is 3.62. The van der Waals surface area contributed by atoms with Gasteiger partial charge in [-0.05, 0) is 31.0 Å². The van der Waals surface area contributed by atoms with Crippen LogP contribution >= 0.6 is 11.6 Å². The minimum atomic E-state index is -0.774. The van der Waals surface area contributed by atoms with Gasteiger partial charge in [0.1, 0.15) is 12.4 Å². The largest absolute Gasteiger partial charge is 0.455 e. The zero-order valence-corrected chi connectivity index (χ0v) is 28.4. The molecule has 4 rings (SSSR count). The van der Waals surface area contributed by atoms with Crippen molar-refractivity contribution in [3.63, 3.8) is 0 Å². The Balaban J connectivity index is 1.29. The molecule has 1 N–H and O–H groups in total.